The van der Waals surface area contributed by atoms with E-state index in [1.54, 1.807) is 0 Å². The molecule has 2 aromatic carbocycles. The van der Waals surface area contributed by atoms with Crippen molar-refractivity contribution in [2.24, 2.45) is 0 Å². The van der Waals surface area contributed by atoms with E-state index in [1.165, 1.54) is 5.56 Å². The first kappa shape index (κ1) is 11.9. The second-order valence-electron chi connectivity index (χ2n) is 4.02. The summed E-state index contributed by atoms with van der Waals surface area (Å²) in [6.07, 6.45) is 0. The van der Waals surface area contributed by atoms with Gasteiger partial charge in [0.25, 0.3) is 0 Å². The fraction of sp³-hybridized carbons (Fsp3) is 0.133. The molecule has 0 aliphatic rings. The number of aryl methyl sites for hydroxylation is 1. The van der Waals surface area contributed by atoms with Gasteiger partial charge in [-0.25, -0.2) is 0 Å². The van der Waals surface area contributed by atoms with Crippen LogP contribution in [0.4, 0.5) is 0 Å². The maximum absolute atomic E-state index is 9.31. The Morgan fingerprint density at radius 2 is 1.41 bits per heavy atom. The zero-order chi connectivity index (χ0) is 12.3. The molecule has 84 valence electrons. The molecule has 0 saturated carbocycles. The molecule has 0 bridgehead atoms. The Morgan fingerprint density at radius 1 is 0.941 bits per heavy atom. The number of hydrogen-bond acceptors (Lipinski definition) is 1. The van der Waals surface area contributed by atoms with Gasteiger partial charge in [-0.05, 0) is 30.2 Å². The van der Waals surface area contributed by atoms with Crippen molar-refractivity contribution < 1.29 is 0 Å². The quantitative estimate of drug-likeness (QED) is 0.802. The van der Waals surface area contributed by atoms with Crippen molar-refractivity contribution >= 4 is 15.9 Å². The van der Waals surface area contributed by atoms with Crippen LogP contribution in [0, 0.1) is 18.3 Å². The number of halogens is 1. The van der Waals surface area contributed by atoms with Crippen LogP contribution in [0.1, 0.15) is 22.6 Å². The molecule has 0 spiro atoms. The summed E-state index contributed by atoms with van der Waals surface area (Å²) >= 11 is 3.40. The zero-order valence-electron chi connectivity index (χ0n) is 9.52. The summed E-state index contributed by atoms with van der Waals surface area (Å²) in [7, 11) is 0. The van der Waals surface area contributed by atoms with Gasteiger partial charge in [-0.3, -0.25) is 0 Å². The Morgan fingerprint density at radius 3 is 1.88 bits per heavy atom. The Labute approximate surface area is 110 Å². The lowest BCUT2D eigenvalue weighted by Crippen LogP contribution is -1.97. The van der Waals surface area contributed by atoms with E-state index in [0.29, 0.717) is 0 Å². The van der Waals surface area contributed by atoms with Crippen molar-refractivity contribution in [2.45, 2.75) is 12.8 Å². The molecule has 0 amide bonds. The van der Waals surface area contributed by atoms with E-state index < -0.39 is 0 Å². The van der Waals surface area contributed by atoms with Crippen molar-refractivity contribution in [1.29, 1.82) is 5.26 Å². The smallest absolute Gasteiger partial charge is 0.0962 e. The molecule has 0 aromatic heterocycles. The highest BCUT2D eigenvalue weighted by molar-refractivity contribution is 9.10. The third-order valence-electron chi connectivity index (χ3n) is 2.74. The molecule has 2 rings (SSSR count). The Hall–Kier alpha value is -1.59. The maximum Gasteiger partial charge on any atom is 0.0962 e. The first-order valence-electron chi connectivity index (χ1n) is 5.42. The number of nitriles is 1. The largest absolute Gasteiger partial charge is 0.197 e. The minimum absolute atomic E-state index is 0.191. The van der Waals surface area contributed by atoms with Crippen LogP contribution in [0.25, 0.3) is 0 Å². The molecule has 0 heterocycles. The average molecular weight is 286 g/mol. The number of hydrogen-bond donors (Lipinski definition) is 0. The highest BCUT2D eigenvalue weighted by atomic mass is 79.9. The van der Waals surface area contributed by atoms with E-state index in [4.69, 9.17) is 0 Å². The van der Waals surface area contributed by atoms with Gasteiger partial charge in [-0.2, -0.15) is 5.26 Å². The minimum atomic E-state index is -0.191. The number of benzene rings is 2. The molecule has 0 fully saturated rings. The van der Waals surface area contributed by atoms with Crippen LogP contribution in [0.15, 0.2) is 53.0 Å². The van der Waals surface area contributed by atoms with Crippen LogP contribution in [-0.4, -0.2) is 0 Å². The monoisotopic (exact) mass is 285 g/mol. The number of rotatable bonds is 2. The van der Waals surface area contributed by atoms with Crippen LogP contribution in [-0.2, 0) is 0 Å². The van der Waals surface area contributed by atoms with Crippen LogP contribution in [0.2, 0.25) is 0 Å². The summed E-state index contributed by atoms with van der Waals surface area (Å²) in [5.74, 6) is -0.191. The normalized spacial score (nSPS) is 11.8. The summed E-state index contributed by atoms with van der Waals surface area (Å²) in [5.41, 5.74) is 3.28. The second kappa shape index (κ2) is 5.16. The van der Waals surface area contributed by atoms with Crippen LogP contribution >= 0.6 is 15.9 Å². The van der Waals surface area contributed by atoms with Gasteiger partial charge in [0, 0.05) is 4.47 Å². The summed E-state index contributed by atoms with van der Waals surface area (Å²) in [6, 6.07) is 18.4. The van der Waals surface area contributed by atoms with Crippen molar-refractivity contribution in [3.8, 4) is 6.07 Å². The lowest BCUT2D eigenvalue weighted by Gasteiger charge is -2.10. The summed E-state index contributed by atoms with van der Waals surface area (Å²) in [4.78, 5) is 0. The fourth-order valence-electron chi connectivity index (χ4n) is 1.76. The zero-order valence-corrected chi connectivity index (χ0v) is 11.1. The van der Waals surface area contributed by atoms with Gasteiger partial charge in [0.15, 0.2) is 0 Å². The van der Waals surface area contributed by atoms with E-state index in [0.717, 1.165) is 15.6 Å². The molecule has 2 aromatic rings. The third kappa shape index (κ3) is 2.75. The highest BCUT2D eigenvalue weighted by Gasteiger charge is 2.12. The minimum Gasteiger partial charge on any atom is -0.197 e. The van der Waals surface area contributed by atoms with Gasteiger partial charge in [-0.15, -0.1) is 0 Å². The molecule has 0 aliphatic heterocycles. The van der Waals surface area contributed by atoms with Gasteiger partial charge in [0.2, 0.25) is 0 Å². The lowest BCUT2D eigenvalue weighted by molar-refractivity contribution is 1.03. The van der Waals surface area contributed by atoms with Gasteiger partial charge < -0.3 is 0 Å². The summed E-state index contributed by atoms with van der Waals surface area (Å²) in [6.45, 7) is 2.05. The third-order valence-corrected chi connectivity index (χ3v) is 3.27. The van der Waals surface area contributed by atoms with Crippen molar-refractivity contribution in [2.75, 3.05) is 0 Å². The molecule has 1 unspecified atom stereocenters. The van der Waals surface area contributed by atoms with E-state index >= 15 is 0 Å². The van der Waals surface area contributed by atoms with Crippen molar-refractivity contribution in [1.82, 2.24) is 0 Å². The Kier molecular flexibility index (Phi) is 3.61. The van der Waals surface area contributed by atoms with Gasteiger partial charge >= 0.3 is 0 Å². The van der Waals surface area contributed by atoms with Gasteiger partial charge in [0.1, 0.15) is 0 Å². The van der Waals surface area contributed by atoms with Crippen LogP contribution < -0.4 is 0 Å². The van der Waals surface area contributed by atoms with Crippen LogP contribution in [0.3, 0.4) is 0 Å². The van der Waals surface area contributed by atoms with E-state index in [9.17, 15) is 5.26 Å². The first-order valence-corrected chi connectivity index (χ1v) is 6.21. The summed E-state index contributed by atoms with van der Waals surface area (Å²) < 4.78 is 1.03. The first-order chi connectivity index (χ1) is 8.20. The SMILES string of the molecule is Cc1ccc(C(C#N)c2ccc(Br)cc2)cc1. The van der Waals surface area contributed by atoms with Crippen molar-refractivity contribution in [3.05, 3.63) is 69.7 Å². The fourth-order valence-corrected chi connectivity index (χ4v) is 2.02. The second-order valence-corrected chi connectivity index (χ2v) is 4.94. The van der Waals surface area contributed by atoms with E-state index in [2.05, 4.69) is 22.0 Å². The summed E-state index contributed by atoms with van der Waals surface area (Å²) in [5, 5.41) is 9.31. The predicted octanol–water partition coefficient (Wildman–Crippen LogP) is 4.41. The molecule has 1 nitrogen and oxygen atoms in total. The lowest BCUT2D eigenvalue weighted by atomic mass is 9.92. The van der Waals surface area contributed by atoms with E-state index in [-0.39, 0.29) is 5.92 Å². The molecule has 2 heteroatoms. The van der Waals surface area contributed by atoms with Gasteiger partial charge in [0.05, 0.1) is 12.0 Å². The molecule has 17 heavy (non-hydrogen) atoms. The van der Waals surface area contributed by atoms with Crippen LogP contribution in [0.5, 0.6) is 0 Å². The predicted molar refractivity (Wildman–Crippen MR) is 72.8 cm³/mol. The van der Waals surface area contributed by atoms with E-state index in [1.807, 2.05) is 55.5 Å². The molecular weight excluding hydrogens is 274 g/mol. The number of nitrogens with zero attached hydrogens (tertiary/aromatic N) is 1. The molecule has 0 saturated heterocycles. The highest BCUT2D eigenvalue weighted by Crippen LogP contribution is 2.25. The molecule has 0 radical (unpaired) electrons. The van der Waals surface area contributed by atoms with Crippen molar-refractivity contribution in [3.63, 3.8) is 0 Å². The maximum atomic E-state index is 9.31. The molecule has 0 aliphatic carbocycles. The Bertz CT molecular complexity index is 489. The average Bonchev–Trinajstić information content (AvgIpc) is 2.35. The standard InChI is InChI=1S/C15H12BrN/c1-11-2-4-12(5-3-11)15(10-17)13-6-8-14(16)9-7-13/h2-9,15H,1H3. The Balaban J connectivity index is 2.37. The topological polar surface area (TPSA) is 23.8 Å². The molecule has 0 N–H and O–H groups in total. The molecular formula is C15H12BrN. The molecule has 1 atom stereocenters. The van der Waals surface area contributed by atoms with Gasteiger partial charge in [-0.1, -0.05) is 57.9 Å².